The quantitative estimate of drug-likeness (QED) is 0.672. The van der Waals surface area contributed by atoms with Crippen molar-refractivity contribution >= 4 is 13.3 Å². The Balaban J connectivity index is 2.39. The zero-order chi connectivity index (χ0) is 10.6. The average Bonchev–Trinajstić information content (AvgIpc) is 2.01. The number of ether oxygens (including phenoxy) is 1. The lowest BCUT2D eigenvalue weighted by atomic mass is 9.95. The van der Waals surface area contributed by atoms with Gasteiger partial charge in [-0.3, -0.25) is 0 Å². The summed E-state index contributed by atoms with van der Waals surface area (Å²) in [6.45, 7) is -1.31. The lowest BCUT2D eigenvalue weighted by molar-refractivity contribution is -0.176. The molecule has 2 radical (unpaired) electrons. The molecule has 1 rings (SSSR count). The highest BCUT2D eigenvalue weighted by Gasteiger charge is 2.27. The van der Waals surface area contributed by atoms with Gasteiger partial charge in [0.1, 0.15) is 14.5 Å². The highest BCUT2D eigenvalue weighted by molar-refractivity contribution is 6.32. The Morgan fingerprint density at radius 2 is 2.00 bits per heavy atom. The molecule has 0 N–H and O–H groups in total. The molecule has 0 aliphatic carbocycles. The number of hydrogen-bond acceptors (Lipinski definition) is 1. The van der Waals surface area contributed by atoms with Crippen LogP contribution in [-0.4, -0.2) is 20.6 Å². The van der Waals surface area contributed by atoms with E-state index in [9.17, 15) is 13.2 Å². The molecule has 74 valence electrons. The summed E-state index contributed by atoms with van der Waals surface area (Å²) in [6, 6.07) is 6.57. The van der Waals surface area contributed by atoms with Gasteiger partial charge in [-0.1, -0.05) is 29.7 Å². The standard InChI is InChI=1S/C9H8BF3O/c10-8-3-1-2-7(4-8)5-14-6-9(11,12)13/h1-4H,5-6H2. The molecule has 0 amide bonds. The van der Waals surface area contributed by atoms with Crippen LogP contribution >= 0.6 is 0 Å². The molecule has 1 aromatic carbocycles. The first-order valence-electron chi connectivity index (χ1n) is 3.96. The van der Waals surface area contributed by atoms with E-state index in [1.54, 1.807) is 24.3 Å². The Labute approximate surface area is 81.3 Å². The van der Waals surface area contributed by atoms with Crippen LogP contribution in [0.4, 0.5) is 13.2 Å². The van der Waals surface area contributed by atoms with Gasteiger partial charge in [0.2, 0.25) is 0 Å². The van der Waals surface area contributed by atoms with Gasteiger partial charge < -0.3 is 4.74 Å². The molecule has 0 unspecified atom stereocenters. The molecule has 0 aromatic heterocycles. The van der Waals surface area contributed by atoms with Crippen LogP contribution < -0.4 is 5.46 Å². The molecule has 0 atom stereocenters. The molecule has 0 saturated carbocycles. The van der Waals surface area contributed by atoms with Crippen molar-refractivity contribution in [2.24, 2.45) is 0 Å². The second-order valence-corrected chi connectivity index (χ2v) is 2.85. The Morgan fingerprint density at radius 1 is 1.29 bits per heavy atom. The van der Waals surface area contributed by atoms with Crippen LogP contribution in [-0.2, 0) is 11.3 Å². The van der Waals surface area contributed by atoms with E-state index in [-0.39, 0.29) is 6.61 Å². The maximum atomic E-state index is 11.7. The minimum absolute atomic E-state index is 0.0788. The van der Waals surface area contributed by atoms with Crippen molar-refractivity contribution in [2.75, 3.05) is 6.61 Å². The SMILES string of the molecule is [B]c1cccc(COCC(F)(F)F)c1. The van der Waals surface area contributed by atoms with Gasteiger partial charge in [-0.15, -0.1) is 0 Å². The number of rotatable bonds is 3. The van der Waals surface area contributed by atoms with E-state index in [4.69, 9.17) is 7.85 Å². The zero-order valence-corrected chi connectivity index (χ0v) is 7.34. The predicted octanol–water partition coefficient (Wildman–Crippen LogP) is 1.56. The third-order valence-corrected chi connectivity index (χ3v) is 1.49. The molecule has 0 spiro atoms. The summed E-state index contributed by atoms with van der Waals surface area (Å²) in [6.07, 6.45) is -4.28. The van der Waals surface area contributed by atoms with Crippen LogP contribution in [0.5, 0.6) is 0 Å². The molecule has 0 saturated heterocycles. The van der Waals surface area contributed by atoms with Crippen molar-refractivity contribution in [3.05, 3.63) is 29.8 Å². The molecular weight excluding hydrogens is 192 g/mol. The minimum atomic E-state index is -4.28. The van der Waals surface area contributed by atoms with E-state index in [1.807, 2.05) is 0 Å². The van der Waals surface area contributed by atoms with Crippen LogP contribution in [0, 0.1) is 0 Å². The van der Waals surface area contributed by atoms with Crippen molar-refractivity contribution in [3.63, 3.8) is 0 Å². The van der Waals surface area contributed by atoms with E-state index >= 15 is 0 Å². The van der Waals surface area contributed by atoms with Gasteiger partial charge in [0.15, 0.2) is 0 Å². The summed E-state index contributed by atoms with van der Waals surface area (Å²) in [5, 5.41) is 0. The van der Waals surface area contributed by atoms with Crippen molar-refractivity contribution < 1.29 is 17.9 Å². The first kappa shape index (κ1) is 11.1. The number of alkyl halides is 3. The molecule has 5 heteroatoms. The number of hydrogen-bond donors (Lipinski definition) is 0. The van der Waals surface area contributed by atoms with Gasteiger partial charge in [-0.05, 0) is 5.56 Å². The molecule has 0 aliphatic rings. The van der Waals surface area contributed by atoms with Gasteiger partial charge in [0.25, 0.3) is 0 Å². The highest BCUT2D eigenvalue weighted by Crippen LogP contribution is 2.15. The molecule has 1 aromatic rings. The third kappa shape index (κ3) is 4.32. The van der Waals surface area contributed by atoms with Gasteiger partial charge in [-0.25, -0.2) is 0 Å². The largest absolute Gasteiger partial charge is 0.411 e. The lowest BCUT2D eigenvalue weighted by Crippen LogP contribution is -2.17. The maximum Gasteiger partial charge on any atom is 0.411 e. The minimum Gasteiger partial charge on any atom is -0.367 e. The second kappa shape index (κ2) is 4.51. The van der Waals surface area contributed by atoms with Crippen molar-refractivity contribution in [1.82, 2.24) is 0 Å². The van der Waals surface area contributed by atoms with E-state index < -0.39 is 12.8 Å². The number of benzene rings is 1. The Morgan fingerprint density at radius 3 is 2.57 bits per heavy atom. The molecule has 0 bridgehead atoms. The van der Waals surface area contributed by atoms with E-state index in [0.717, 1.165) is 0 Å². The van der Waals surface area contributed by atoms with E-state index in [1.165, 1.54) is 0 Å². The Kier molecular flexibility index (Phi) is 3.58. The summed E-state index contributed by atoms with van der Waals surface area (Å²) in [4.78, 5) is 0. The molecule has 0 heterocycles. The summed E-state index contributed by atoms with van der Waals surface area (Å²) < 4.78 is 39.5. The Bertz CT molecular complexity index is 298. The fraction of sp³-hybridized carbons (Fsp3) is 0.333. The maximum absolute atomic E-state index is 11.7. The lowest BCUT2D eigenvalue weighted by Gasteiger charge is -2.07. The molecule has 0 fully saturated rings. The number of halogens is 3. The monoisotopic (exact) mass is 200 g/mol. The molecule has 1 nitrogen and oxygen atoms in total. The van der Waals surface area contributed by atoms with E-state index in [0.29, 0.717) is 11.0 Å². The van der Waals surface area contributed by atoms with Crippen LogP contribution in [0.1, 0.15) is 5.56 Å². The van der Waals surface area contributed by atoms with Crippen LogP contribution in [0.25, 0.3) is 0 Å². The summed E-state index contributed by atoms with van der Waals surface area (Å²) in [5.74, 6) is 0. The third-order valence-electron chi connectivity index (χ3n) is 1.49. The smallest absolute Gasteiger partial charge is 0.367 e. The predicted molar refractivity (Wildman–Crippen MR) is 47.5 cm³/mol. The fourth-order valence-corrected chi connectivity index (χ4v) is 0.968. The molecule has 0 aliphatic heterocycles. The topological polar surface area (TPSA) is 9.23 Å². The zero-order valence-electron chi connectivity index (χ0n) is 7.34. The molecule has 14 heavy (non-hydrogen) atoms. The first-order valence-corrected chi connectivity index (χ1v) is 3.96. The summed E-state index contributed by atoms with van der Waals surface area (Å²) >= 11 is 0. The molecular formula is C9H8BF3O. The van der Waals surface area contributed by atoms with Crippen LogP contribution in [0.15, 0.2) is 24.3 Å². The summed E-state index contributed by atoms with van der Waals surface area (Å²) in [7, 11) is 5.44. The highest BCUT2D eigenvalue weighted by atomic mass is 19.4. The average molecular weight is 200 g/mol. The fourth-order valence-electron chi connectivity index (χ4n) is 0.968. The Hall–Kier alpha value is -0.965. The van der Waals surface area contributed by atoms with Crippen LogP contribution in [0.3, 0.4) is 0 Å². The van der Waals surface area contributed by atoms with Crippen molar-refractivity contribution in [1.29, 1.82) is 0 Å². The van der Waals surface area contributed by atoms with Gasteiger partial charge in [-0.2, -0.15) is 13.2 Å². The van der Waals surface area contributed by atoms with Gasteiger partial charge in [0.05, 0.1) is 6.61 Å². The normalized spacial score (nSPS) is 11.6. The first-order chi connectivity index (χ1) is 6.47. The summed E-state index contributed by atoms with van der Waals surface area (Å²) in [5.41, 5.74) is 1.15. The second-order valence-electron chi connectivity index (χ2n) is 2.85. The van der Waals surface area contributed by atoms with Crippen molar-refractivity contribution in [2.45, 2.75) is 12.8 Å². The van der Waals surface area contributed by atoms with Gasteiger partial charge >= 0.3 is 6.18 Å². The van der Waals surface area contributed by atoms with Crippen LogP contribution in [0.2, 0.25) is 0 Å². The van der Waals surface area contributed by atoms with Gasteiger partial charge in [0, 0.05) is 0 Å². The van der Waals surface area contributed by atoms with Crippen molar-refractivity contribution in [3.8, 4) is 0 Å². The van der Waals surface area contributed by atoms with E-state index in [2.05, 4.69) is 4.74 Å².